The first-order chi connectivity index (χ1) is 8.52. The summed E-state index contributed by atoms with van der Waals surface area (Å²) in [5, 5.41) is 9.41. The maximum absolute atomic E-state index is 9.41. The van der Waals surface area contributed by atoms with Gasteiger partial charge < -0.3 is 20.3 Å². The maximum Gasteiger partial charge on any atom is 0.135 e. The Balaban J connectivity index is 2.47. The Hall–Kier alpha value is -1.59. The second-order valence-electron chi connectivity index (χ2n) is 4.86. The standard InChI is InChI=1S/C13H20N4O/c1-9(16(2)3)7-17-12-5-4-10(14)6-11(12)15-13(17)8-18/h4-6,9,18H,7-8,14H2,1-3H3. The first kappa shape index (κ1) is 12.9. The molecule has 98 valence electrons. The van der Waals surface area contributed by atoms with Crippen molar-refractivity contribution in [3.8, 4) is 0 Å². The number of hydrogen-bond acceptors (Lipinski definition) is 4. The van der Waals surface area contributed by atoms with E-state index < -0.39 is 0 Å². The van der Waals surface area contributed by atoms with Crippen LogP contribution in [0.15, 0.2) is 18.2 Å². The van der Waals surface area contributed by atoms with Crippen molar-refractivity contribution in [1.29, 1.82) is 0 Å². The number of aliphatic hydroxyl groups excluding tert-OH is 1. The molecule has 0 bridgehead atoms. The van der Waals surface area contributed by atoms with E-state index in [1.807, 2.05) is 32.3 Å². The van der Waals surface area contributed by atoms with Crippen molar-refractivity contribution in [2.24, 2.45) is 0 Å². The van der Waals surface area contributed by atoms with Crippen LogP contribution in [-0.2, 0) is 13.2 Å². The normalized spacial score (nSPS) is 13.4. The van der Waals surface area contributed by atoms with Crippen LogP contribution in [0.2, 0.25) is 0 Å². The number of benzene rings is 1. The van der Waals surface area contributed by atoms with Gasteiger partial charge in [0, 0.05) is 18.3 Å². The minimum absolute atomic E-state index is 0.0608. The molecule has 0 spiro atoms. The van der Waals surface area contributed by atoms with Gasteiger partial charge in [0.15, 0.2) is 0 Å². The molecule has 2 rings (SSSR count). The lowest BCUT2D eigenvalue weighted by atomic mass is 10.2. The van der Waals surface area contributed by atoms with Gasteiger partial charge in [-0.3, -0.25) is 0 Å². The molecule has 2 aromatic rings. The van der Waals surface area contributed by atoms with Crippen LogP contribution in [0.4, 0.5) is 5.69 Å². The summed E-state index contributed by atoms with van der Waals surface area (Å²) in [5.74, 6) is 0.685. The Bertz CT molecular complexity index is 547. The molecule has 1 aromatic carbocycles. The largest absolute Gasteiger partial charge is 0.399 e. The van der Waals surface area contributed by atoms with Crippen molar-refractivity contribution >= 4 is 16.7 Å². The zero-order valence-electron chi connectivity index (χ0n) is 11.1. The van der Waals surface area contributed by atoms with Crippen molar-refractivity contribution in [3.05, 3.63) is 24.0 Å². The first-order valence-electron chi connectivity index (χ1n) is 6.05. The van der Waals surface area contributed by atoms with Crippen LogP contribution in [0, 0.1) is 0 Å². The number of aliphatic hydroxyl groups is 1. The van der Waals surface area contributed by atoms with Gasteiger partial charge in [-0.15, -0.1) is 0 Å². The molecule has 0 amide bonds. The number of nitrogen functional groups attached to an aromatic ring is 1. The number of fused-ring (bicyclic) bond motifs is 1. The average molecular weight is 248 g/mol. The first-order valence-corrected chi connectivity index (χ1v) is 6.05. The zero-order valence-corrected chi connectivity index (χ0v) is 11.1. The second-order valence-corrected chi connectivity index (χ2v) is 4.86. The van der Waals surface area contributed by atoms with E-state index in [0.717, 1.165) is 17.6 Å². The highest BCUT2D eigenvalue weighted by atomic mass is 16.3. The van der Waals surface area contributed by atoms with Crippen LogP contribution in [0.3, 0.4) is 0 Å². The van der Waals surface area contributed by atoms with Crippen molar-refractivity contribution in [1.82, 2.24) is 14.5 Å². The number of rotatable bonds is 4. The quantitative estimate of drug-likeness (QED) is 0.794. The fraction of sp³-hybridized carbons (Fsp3) is 0.462. The number of hydrogen-bond donors (Lipinski definition) is 2. The van der Waals surface area contributed by atoms with Crippen molar-refractivity contribution in [3.63, 3.8) is 0 Å². The van der Waals surface area contributed by atoms with Gasteiger partial charge in [-0.25, -0.2) is 4.98 Å². The molecule has 5 nitrogen and oxygen atoms in total. The van der Waals surface area contributed by atoms with E-state index in [2.05, 4.69) is 21.4 Å². The van der Waals surface area contributed by atoms with Gasteiger partial charge in [0.2, 0.25) is 0 Å². The molecular weight excluding hydrogens is 228 g/mol. The smallest absolute Gasteiger partial charge is 0.135 e. The van der Waals surface area contributed by atoms with E-state index >= 15 is 0 Å². The molecule has 0 saturated carbocycles. The van der Waals surface area contributed by atoms with E-state index in [0.29, 0.717) is 17.6 Å². The predicted octanol–water partition coefficient (Wildman–Crippen LogP) is 1.06. The second kappa shape index (κ2) is 4.96. The molecule has 0 aliphatic heterocycles. The van der Waals surface area contributed by atoms with Gasteiger partial charge in [-0.2, -0.15) is 0 Å². The summed E-state index contributed by atoms with van der Waals surface area (Å²) in [6, 6.07) is 6.03. The minimum Gasteiger partial charge on any atom is -0.399 e. The number of anilines is 1. The fourth-order valence-electron chi connectivity index (χ4n) is 1.95. The van der Waals surface area contributed by atoms with Crippen LogP contribution in [-0.4, -0.2) is 39.7 Å². The summed E-state index contributed by atoms with van der Waals surface area (Å²) in [4.78, 5) is 6.56. The molecule has 18 heavy (non-hydrogen) atoms. The summed E-state index contributed by atoms with van der Waals surface area (Å²) < 4.78 is 2.05. The highest BCUT2D eigenvalue weighted by molar-refractivity contribution is 5.79. The molecule has 5 heteroatoms. The maximum atomic E-state index is 9.41. The SMILES string of the molecule is CC(Cn1c(CO)nc2cc(N)ccc21)N(C)C. The van der Waals surface area contributed by atoms with Crippen LogP contribution < -0.4 is 5.73 Å². The molecule has 0 radical (unpaired) electrons. The lowest BCUT2D eigenvalue weighted by molar-refractivity contribution is 0.249. The minimum atomic E-state index is -0.0608. The summed E-state index contributed by atoms with van der Waals surface area (Å²) in [6.45, 7) is 2.88. The van der Waals surface area contributed by atoms with Gasteiger partial charge in [0.25, 0.3) is 0 Å². The third-order valence-electron chi connectivity index (χ3n) is 3.32. The zero-order chi connectivity index (χ0) is 13.3. The van der Waals surface area contributed by atoms with Gasteiger partial charge in [-0.1, -0.05) is 0 Å². The number of nitrogens with zero attached hydrogens (tertiary/aromatic N) is 3. The van der Waals surface area contributed by atoms with E-state index in [9.17, 15) is 5.11 Å². The van der Waals surface area contributed by atoms with Gasteiger partial charge in [-0.05, 0) is 39.2 Å². The third kappa shape index (κ3) is 2.32. The predicted molar refractivity (Wildman–Crippen MR) is 73.2 cm³/mol. The number of nitrogens with two attached hydrogens (primary N) is 1. The molecule has 1 atom stereocenters. The molecule has 3 N–H and O–H groups in total. The summed E-state index contributed by atoms with van der Waals surface area (Å²) in [7, 11) is 4.08. The topological polar surface area (TPSA) is 67.3 Å². The monoisotopic (exact) mass is 248 g/mol. The van der Waals surface area contributed by atoms with Crippen LogP contribution in [0.5, 0.6) is 0 Å². The Morgan fingerprint density at radius 3 is 2.78 bits per heavy atom. The van der Waals surface area contributed by atoms with Crippen molar-refractivity contribution in [2.45, 2.75) is 26.1 Å². The van der Waals surface area contributed by atoms with E-state index in [4.69, 9.17) is 5.73 Å². The van der Waals surface area contributed by atoms with Crippen molar-refractivity contribution in [2.75, 3.05) is 19.8 Å². The molecule has 1 unspecified atom stereocenters. The average Bonchev–Trinajstić information content (AvgIpc) is 2.66. The number of aromatic nitrogens is 2. The lowest BCUT2D eigenvalue weighted by Gasteiger charge is -2.21. The number of imidazole rings is 1. The molecule has 1 heterocycles. The Morgan fingerprint density at radius 1 is 1.44 bits per heavy atom. The van der Waals surface area contributed by atoms with Gasteiger partial charge in [0.05, 0.1) is 11.0 Å². The van der Waals surface area contributed by atoms with Gasteiger partial charge in [0.1, 0.15) is 12.4 Å². The van der Waals surface area contributed by atoms with Crippen LogP contribution in [0.25, 0.3) is 11.0 Å². The molecule has 0 aliphatic rings. The molecule has 0 fully saturated rings. The van der Waals surface area contributed by atoms with Crippen LogP contribution >= 0.6 is 0 Å². The van der Waals surface area contributed by atoms with Crippen molar-refractivity contribution < 1.29 is 5.11 Å². The van der Waals surface area contributed by atoms with Gasteiger partial charge >= 0.3 is 0 Å². The third-order valence-corrected chi connectivity index (χ3v) is 3.32. The number of likely N-dealkylation sites (N-methyl/N-ethyl adjacent to an activating group) is 1. The Morgan fingerprint density at radius 2 is 2.17 bits per heavy atom. The van der Waals surface area contributed by atoms with E-state index in [1.165, 1.54) is 0 Å². The molecule has 0 aliphatic carbocycles. The highest BCUT2D eigenvalue weighted by Crippen LogP contribution is 2.20. The molecular formula is C13H20N4O. The van der Waals surface area contributed by atoms with E-state index in [1.54, 1.807) is 0 Å². The summed E-state index contributed by atoms with van der Waals surface area (Å²) in [5.41, 5.74) is 8.30. The highest BCUT2D eigenvalue weighted by Gasteiger charge is 2.13. The fourth-order valence-corrected chi connectivity index (χ4v) is 1.95. The lowest BCUT2D eigenvalue weighted by Crippen LogP contribution is -2.29. The molecule has 1 aromatic heterocycles. The Labute approximate surface area is 107 Å². The molecule has 0 saturated heterocycles. The summed E-state index contributed by atoms with van der Waals surface area (Å²) >= 11 is 0. The summed E-state index contributed by atoms with van der Waals surface area (Å²) in [6.07, 6.45) is 0. The Kier molecular flexibility index (Phi) is 3.54. The van der Waals surface area contributed by atoms with E-state index in [-0.39, 0.29) is 6.61 Å². The van der Waals surface area contributed by atoms with Crippen LogP contribution in [0.1, 0.15) is 12.7 Å².